The van der Waals surface area contributed by atoms with Gasteiger partial charge in [-0.2, -0.15) is 0 Å². The predicted octanol–water partition coefficient (Wildman–Crippen LogP) is 21.0. The lowest BCUT2D eigenvalue weighted by molar-refractivity contribution is -0.161. The van der Waals surface area contributed by atoms with E-state index in [0.717, 1.165) is 180 Å². The highest BCUT2D eigenvalue weighted by Crippen LogP contribution is 2.45. The maximum absolute atomic E-state index is 13.1. The van der Waals surface area contributed by atoms with Crippen LogP contribution in [0.4, 0.5) is 0 Å². The summed E-state index contributed by atoms with van der Waals surface area (Å²) in [6.45, 7) is 4.50. The SMILES string of the molecule is CC/C=C\C/C=C\C/C=C\C/C=C\CCCCC(=O)OCC(COP(=O)(O)OCC(O)COP(=O)(O)OCC(COC(=O)CCCCCCCCC/C=C\C/C=C\C/C=C\CC)OC(=O)CCCCCCC/C=C\C/C=C\CCC)OC(=O)CCCCCCCCCCCCC. The number of carbonyl (C=O) groups excluding carboxylic acids is 4. The molecule has 0 aliphatic heterocycles. The fourth-order valence-electron chi connectivity index (χ4n) is 9.62. The molecule has 5 atom stereocenters. The second-order valence-electron chi connectivity index (χ2n) is 24.5. The van der Waals surface area contributed by atoms with Crippen molar-refractivity contribution < 1.29 is 80.2 Å². The molecule has 5 unspecified atom stereocenters. The maximum atomic E-state index is 13.1. The van der Waals surface area contributed by atoms with Crippen LogP contribution in [0.15, 0.2) is 109 Å². The van der Waals surface area contributed by atoms with E-state index in [0.29, 0.717) is 25.7 Å². The Morgan fingerprint density at radius 3 is 0.896 bits per heavy atom. The van der Waals surface area contributed by atoms with Gasteiger partial charge < -0.3 is 33.8 Å². The molecule has 0 bridgehead atoms. The molecule has 96 heavy (non-hydrogen) atoms. The topological polar surface area (TPSA) is 237 Å². The Kier molecular flexibility index (Phi) is 66.1. The van der Waals surface area contributed by atoms with E-state index in [9.17, 15) is 43.2 Å². The largest absolute Gasteiger partial charge is 0.472 e. The van der Waals surface area contributed by atoms with Gasteiger partial charge >= 0.3 is 39.5 Å². The van der Waals surface area contributed by atoms with Crippen LogP contribution in [-0.4, -0.2) is 96.7 Å². The summed E-state index contributed by atoms with van der Waals surface area (Å²) in [5.74, 6) is -2.24. The molecule has 17 nitrogen and oxygen atoms in total. The van der Waals surface area contributed by atoms with Gasteiger partial charge in [0, 0.05) is 25.7 Å². The van der Waals surface area contributed by atoms with Crippen LogP contribution in [0.1, 0.15) is 297 Å². The van der Waals surface area contributed by atoms with Gasteiger partial charge in [-0.25, -0.2) is 9.13 Å². The minimum absolute atomic E-state index is 0.0748. The summed E-state index contributed by atoms with van der Waals surface area (Å²) in [4.78, 5) is 72.7. The zero-order valence-corrected chi connectivity index (χ0v) is 61.8. The van der Waals surface area contributed by atoms with Gasteiger partial charge in [-0.05, 0) is 122 Å². The second kappa shape index (κ2) is 69.2. The monoisotopic (exact) mass is 1390 g/mol. The number of hydrogen-bond donors (Lipinski definition) is 3. The molecule has 0 saturated carbocycles. The number of rotatable bonds is 69. The Morgan fingerprint density at radius 2 is 0.562 bits per heavy atom. The Labute approximate surface area is 581 Å². The summed E-state index contributed by atoms with van der Waals surface area (Å²) in [7, 11) is -9.96. The standard InChI is InChI=1S/C77H132O17P2/c1-5-9-13-17-21-25-29-32-34-35-37-40-43-46-50-54-58-62-75(80)88-68-73(94-77(82)64-60-56-52-48-44-38-31-27-23-19-15-11-7-3)70-92-96(85,86)90-66-71(78)65-89-95(83,84)91-69-72(93-76(81)63-59-55-51-47-41-28-24-20-16-12-8-4)67-87-74(79)61-57-53-49-45-42-39-36-33-30-26-22-18-14-10-6-2/h9-10,13-15,19,21-22,25-27,31-34,36,42,45,71-73,78H,5-8,11-12,16-18,20,23-24,28-30,35,37-41,43-44,46-70H2,1-4H3,(H,83,84)(H,85,86)/b13-9-,14-10-,19-15-,25-21-,26-22-,31-27-,34-32-,36-33-,45-42-. The van der Waals surface area contributed by atoms with Crippen LogP contribution in [0, 0.1) is 0 Å². The molecule has 0 aromatic carbocycles. The van der Waals surface area contributed by atoms with E-state index in [1.165, 1.54) is 38.5 Å². The zero-order valence-electron chi connectivity index (χ0n) is 60.0. The number of unbranched alkanes of at least 4 members (excludes halogenated alkanes) is 25. The first-order valence-corrected chi connectivity index (χ1v) is 40.1. The molecule has 0 aliphatic rings. The summed E-state index contributed by atoms with van der Waals surface area (Å²) in [6.07, 6.45) is 72.4. The van der Waals surface area contributed by atoms with E-state index in [4.69, 9.17) is 37.0 Å². The molecule has 0 spiro atoms. The van der Waals surface area contributed by atoms with Crippen molar-refractivity contribution in [3.63, 3.8) is 0 Å². The fraction of sp³-hybridized carbons (Fsp3) is 0.714. The summed E-state index contributed by atoms with van der Waals surface area (Å²) >= 11 is 0. The number of phosphoric ester groups is 2. The Hall–Kier alpha value is -4.28. The van der Waals surface area contributed by atoms with Crippen molar-refractivity contribution in [1.29, 1.82) is 0 Å². The summed E-state index contributed by atoms with van der Waals surface area (Å²) in [5.41, 5.74) is 0. The van der Waals surface area contributed by atoms with Crippen LogP contribution in [0.3, 0.4) is 0 Å². The molecule has 552 valence electrons. The normalized spacial score (nSPS) is 14.6. The van der Waals surface area contributed by atoms with Crippen molar-refractivity contribution in [3.8, 4) is 0 Å². The number of phosphoric acid groups is 2. The number of aliphatic hydroxyl groups excluding tert-OH is 1. The molecular formula is C77H132O17P2. The molecule has 0 saturated heterocycles. The van der Waals surface area contributed by atoms with Crippen LogP contribution >= 0.6 is 15.6 Å². The minimum Gasteiger partial charge on any atom is -0.462 e. The molecule has 0 amide bonds. The third-order valence-corrected chi connectivity index (χ3v) is 17.1. The van der Waals surface area contributed by atoms with Gasteiger partial charge in [-0.1, -0.05) is 259 Å². The quantitative estimate of drug-likeness (QED) is 0.0169. The zero-order chi connectivity index (χ0) is 70.4. The first-order chi connectivity index (χ1) is 46.7. The molecule has 3 N–H and O–H groups in total. The molecule has 0 aliphatic carbocycles. The number of aliphatic hydroxyl groups is 1. The van der Waals surface area contributed by atoms with Crippen LogP contribution in [0.5, 0.6) is 0 Å². The lowest BCUT2D eigenvalue weighted by atomic mass is 10.1. The highest BCUT2D eigenvalue weighted by molar-refractivity contribution is 7.47. The van der Waals surface area contributed by atoms with Gasteiger partial charge in [0.15, 0.2) is 12.2 Å². The van der Waals surface area contributed by atoms with Crippen molar-refractivity contribution in [2.24, 2.45) is 0 Å². The lowest BCUT2D eigenvalue weighted by Crippen LogP contribution is -2.30. The molecule has 0 aromatic rings. The molecule has 0 radical (unpaired) electrons. The first kappa shape index (κ1) is 91.7. The first-order valence-electron chi connectivity index (χ1n) is 37.1. The van der Waals surface area contributed by atoms with E-state index in [1.807, 2.05) is 0 Å². The molecule has 0 heterocycles. The van der Waals surface area contributed by atoms with E-state index >= 15 is 0 Å². The number of ether oxygens (including phenoxy) is 4. The third-order valence-electron chi connectivity index (χ3n) is 15.2. The number of carbonyl (C=O) groups is 4. The molecule has 0 aromatic heterocycles. The van der Waals surface area contributed by atoms with Crippen LogP contribution in [0.25, 0.3) is 0 Å². The fourth-order valence-corrected chi connectivity index (χ4v) is 11.2. The third kappa shape index (κ3) is 68.3. The van der Waals surface area contributed by atoms with Crippen molar-refractivity contribution in [2.75, 3.05) is 39.6 Å². The highest BCUT2D eigenvalue weighted by atomic mass is 31.2. The molecule has 0 fully saturated rings. The van der Waals surface area contributed by atoms with Crippen molar-refractivity contribution >= 4 is 39.5 Å². The summed E-state index contributed by atoms with van der Waals surface area (Å²) in [6, 6.07) is 0. The van der Waals surface area contributed by atoms with Crippen LogP contribution in [0.2, 0.25) is 0 Å². The van der Waals surface area contributed by atoms with Gasteiger partial charge in [-0.3, -0.25) is 37.3 Å². The van der Waals surface area contributed by atoms with Gasteiger partial charge in [0.25, 0.3) is 0 Å². The second-order valence-corrected chi connectivity index (χ2v) is 27.4. The Bertz CT molecular complexity index is 2250. The summed E-state index contributed by atoms with van der Waals surface area (Å²) < 4.78 is 68.3. The van der Waals surface area contributed by atoms with Gasteiger partial charge in [0.2, 0.25) is 0 Å². The average Bonchev–Trinajstić information content (AvgIpc) is 1.10. The van der Waals surface area contributed by atoms with Crippen molar-refractivity contribution in [3.05, 3.63) is 109 Å². The minimum atomic E-state index is -4.98. The van der Waals surface area contributed by atoms with Crippen molar-refractivity contribution in [2.45, 2.75) is 316 Å². The highest BCUT2D eigenvalue weighted by Gasteiger charge is 2.30. The Morgan fingerprint density at radius 1 is 0.302 bits per heavy atom. The van der Waals surface area contributed by atoms with E-state index in [2.05, 4.69) is 137 Å². The molecule has 0 rings (SSSR count). The average molecular weight is 1390 g/mol. The Balaban J connectivity index is 5.35. The summed E-state index contributed by atoms with van der Waals surface area (Å²) in [5, 5.41) is 10.6. The number of allylic oxidation sites excluding steroid dienone is 18. The smallest absolute Gasteiger partial charge is 0.462 e. The van der Waals surface area contributed by atoms with E-state index in [-0.39, 0.29) is 25.7 Å². The van der Waals surface area contributed by atoms with E-state index < -0.39 is 97.5 Å². The van der Waals surface area contributed by atoms with Crippen LogP contribution in [-0.2, 0) is 65.4 Å². The van der Waals surface area contributed by atoms with Crippen LogP contribution < -0.4 is 0 Å². The maximum Gasteiger partial charge on any atom is 0.472 e. The van der Waals surface area contributed by atoms with Crippen molar-refractivity contribution in [1.82, 2.24) is 0 Å². The van der Waals surface area contributed by atoms with E-state index in [1.54, 1.807) is 0 Å². The number of hydrogen-bond acceptors (Lipinski definition) is 15. The van der Waals surface area contributed by atoms with Gasteiger partial charge in [0.1, 0.15) is 19.3 Å². The molecule has 19 heteroatoms. The van der Waals surface area contributed by atoms with Gasteiger partial charge in [-0.15, -0.1) is 0 Å². The molecular weight excluding hydrogens is 1260 g/mol. The van der Waals surface area contributed by atoms with Gasteiger partial charge in [0.05, 0.1) is 26.4 Å². The predicted molar refractivity (Wildman–Crippen MR) is 390 cm³/mol. The lowest BCUT2D eigenvalue weighted by Gasteiger charge is -2.21. The number of esters is 4.